The lowest BCUT2D eigenvalue weighted by molar-refractivity contribution is 0.441. The van der Waals surface area contributed by atoms with Gasteiger partial charge in [-0.05, 0) is 12.1 Å². The van der Waals surface area contributed by atoms with E-state index < -0.39 is 0 Å². The van der Waals surface area contributed by atoms with Crippen molar-refractivity contribution in [2.45, 2.75) is 0 Å². The Balaban J connectivity index is 2.26. The smallest absolute Gasteiger partial charge is 0.328 e. The van der Waals surface area contributed by atoms with Crippen molar-refractivity contribution < 1.29 is 4.74 Å². The van der Waals surface area contributed by atoms with Crippen molar-refractivity contribution in [1.29, 1.82) is 0 Å². The minimum absolute atomic E-state index is 0.0899. The molecule has 1 aromatic heterocycles. The Labute approximate surface area is 97.0 Å². The second-order valence-corrected chi connectivity index (χ2v) is 2.97. The van der Waals surface area contributed by atoms with Crippen LogP contribution in [-0.2, 0) is 0 Å². The first-order valence-corrected chi connectivity index (χ1v) is 4.74. The molecule has 2 aromatic rings. The van der Waals surface area contributed by atoms with Gasteiger partial charge in [0.05, 0.1) is 0 Å². The number of para-hydroxylation sites is 1. The minimum atomic E-state index is 0.0899. The fraction of sp³-hybridized carbons (Fsp3) is 0. The molecule has 0 radical (unpaired) electrons. The van der Waals surface area contributed by atoms with Crippen molar-refractivity contribution in [2.24, 2.45) is 11.7 Å². The first kappa shape index (κ1) is 11.0. The highest BCUT2D eigenvalue weighted by Crippen LogP contribution is 2.18. The van der Waals surface area contributed by atoms with Crippen LogP contribution in [0, 0.1) is 0 Å². The van der Waals surface area contributed by atoms with Crippen LogP contribution in [0.25, 0.3) is 0 Å². The van der Waals surface area contributed by atoms with E-state index in [-0.39, 0.29) is 17.9 Å². The van der Waals surface area contributed by atoms with E-state index in [0.29, 0.717) is 5.75 Å². The number of aromatic nitrogens is 3. The van der Waals surface area contributed by atoms with Crippen molar-refractivity contribution in [1.82, 2.24) is 15.0 Å². The molecule has 8 heteroatoms. The molecule has 0 saturated heterocycles. The molecule has 0 spiro atoms. The highest BCUT2D eigenvalue weighted by molar-refractivity contribution is 5.35. The lowest BCUT2D eigenvalue weighted by Gasteiger charge is -2.06. The molecule has 0 amide bonds. The van der Waals surface area contributed by atoms with Crippen molar-refractivity contribution in [3.63, 3.8) is 0 Å². The summed E-state index contributed by atoms with van der Waals surface area (Å²) in [6.07, 6.45) is 0. The number of nitrogen functional groups attached to an aromatic ring is 2. The summed E-state index contributed by atoms with van der Waals surface area (Å²) < 4.78 is 5.41. The SMILES string of the molecule is NNc1nc(NN)nc(Oc2ccccc2)n1. The first-order chi connectivity index (χ1) is 8.31. The lowest BCUT2D eigenvalue weighted by atomic mass is 10.3. The molecule has 0 saturated carbocycles. The molecule has 1 heterocycles. The molecule has 2 rings (SSSR count). The number of hydrogen-bond acceptors (Lipinski definition) is 8. The fourth-order valence-corrected chi connectivity index (χ4v) is 1.13. The van der Waals surface area contributed by atoms with Crippen molar-refractivity contribution >= 4 is 11.9 Å². The largest absolute Gasteiger partial charge is 0.424 e. The van der Waals surface area contributed by atoms with Gasteiger partial charge in [0.25, 0.3) is 0 Å². The number of hydrogen-bond donors (Lipinski definition) is 4. The van der Waals surface area contributed by atoms with Crippen LogP contribution in [-0.4, -0.2) is 15.0 Å². The highest BCUT2D eigenvalue weighted by Gasteiger charge is 2.06. The summed E-state index contributed by atoms with van der Waals surface area (Å²) in [4.78, 5) is 11.7. The van der Waals surface area contributed by atoms with Crippen LogP contribution < -0.4 is 27.3 Å². The molecule has 0 aliphatic carbocycles. The molecule has 6 N–H and O–H groups in total. The molecule has 0 fully saturated rings. The maximum Gasteiger partial charge on any atom is 0.328 e. The normalized spacial score (nSPS) is 9.76. The first-order valence-electron chi connectivity index (χ1n) is 4.74. The Morgan fingerprint density at radius 2 is 1.47 bits per heavy atom. The van der Waals surface area contributed by atoms with Crippen molar-refractivity contribution in [3.05, 3.63) is 30.3 Å². The van der Waals surface area contributed by atoms with Gasteiger partial charge in [0.15, 0.2) is 0 Å². The maximum atomic E-state index is 5.41. The van der Waals surface area contributed by atoms with Gasteiger partial charge in [-0.15, -0.1) is 0 Å². The Kier molecular flexibility index (Phi) is 3.28. The summed E-state index contributed by atoms with van der Waals surface area (Å²) >= 11 is 0. The van der Waals surface area contributed by atoms with Gasteiger partial charge in [0, 0.05) is 0 Å². The second-order valence-electron chi connectivity index (χ2n) is 2.97. The fourth-order valence-electron chi connectivity index (χ4n) is 1.13. The quantitative estimate of drug-likeness (QED) is 0.437. The third kappa shape index (κ3) is 2.77. The Bertz CT molecular complexity index is 468. The zero-order valence-electron chi connectivity index (χ0n) is 8.79. The van der Waals surface area contributed by atoms with E-state index >= 15 is 0 Å². The van der Waals surface area contributed by atoms with Gasteiger partial charge in [0.1, 0.15) is 5.75 Å². The van der Waals surface area contributed by atoms with Crippen molar-refractivity contribution in [3.8, 4) is 11.8 Å². The Morgan fingerprint density at radius 3 is 2.00 bits per heavy atom. The van der Waals surface area contributed by atoms with Gasteiger partial charge < -0.3 is 4.74 Å². The summed E-state index contributed by atoms with van der Waals surface area (Å²) in [5.41, 5.74) is 4.58. The average molecular weight is 233 g/mol. The van der Waals surface area contributed by atoms with E-state index in [1.165, 1.54) is 0 Å². The van der Waals surface area contributed by atoms with E-state index in [0.717, 1.165) is 0 Å². The van der Waals surface area contributed by atoms with E-state index in [4.69, 9.17) is 16.4 Å². The topological polar surface area (TPSA) is 124 Å². The van der Waals surface area contributed by atoms with Gasteiger partial charge in [0.2, 0.25) is 11.9 Å². The number of nitrogens with one attached hydrogen (secondary N) is 2. The lowest BCUT2D eigenvalue weighted by Crippen LogP contribution is -2.16. The highest BCUT2D eigenvalue weighted by atomic mass is 16.5. The molecular formula is C9H11N7O. The third-order valence-corrected chi connectivity index (χ3v) is 1.83. The van der Waals surface area contributed by atoms with Crippen LogP contribution in [0.1, 0.15) is 0 Å². The number of anilines is 2. The predicted molar refractivity (Wildman–Crippen MR) is 62.0 cm³/mol. The van der Waals surface area contributed by atoms with Crippen LogP contribution in [0.4, 0.5) is 11.9 Å². The van der Waals surface area contributed by atoms with Gasteiger partial charge >= 0.3 is 6.01 Å². The average Bonchev–Trinajstić information content (AvgIpc) is 2.39. The van der Waals surface area contributed by atoms with Crippen LogP contribution in [0.2, 0.25) is 0 Å². The molecule has 0 unspecified atom stereocenters. The van der Waals surface area contributed by atoms with Gasteiger partial charge in [-0.1, -0.05) is 18.2 Å². The summed E-state index contributed by atoms with van der Waals surface area (Å²) in [5.74, 6) is 11.3. The zero-order valence-corrected chi connectivity index (χ0v) is 8.79. The van der Waals surface area contributed by atoms with E-state index in [2.05, 4.69) is 25.8 Å². The molecule has 88 valence electrons. The maximum absolute atomic E-state index is 5.41. The molecule has 0 aliphatic heterocycles. The van der Waals surface area contributed by atoms with E-state index in [1.807, 2.05) is 18.2 Å². The number of hydrazine groups is 2. The Morgan fingerprint density at radius 1 is 0.882 bits per heavy atom. The number of nitrogens with two attached hydrogens (primary N) is 2. The molecular weight excluding hydrogens is 222 g/mol. The minimum Gasteiger partial charge on any atom is -0.424 e. The predicted octanol–water partition coefficient (Wildman–Crippen LogP) is 0.235. The van der Waals surface area contributed by atoms with Crippen LogP contribution in [0.3, 0.4) is 0 Å². The molecule has 0 bridgehead atoms. The molecule has 0 aliphatic rings. The summed E-state index contributed by atoms with van der Waals surface area (Å²) in [5, 5.41) is 0. The zero-order chi connectivity index (χ0) is 12.1. The van der Waals surface area contributed by atoms with Gasteiger partial charge in [-0.3, -0.25) is 10.9 Å². The molecule has 8 nitrogen and oxygen atoms in total. The summed E-state index contributed by atoms with van der Waals surface area (Å²) in [7, 11) is 0. The van der Waals surface area contributed by atoms with Gasteiger partial charge in [-0.2, -0.15) is 15.0 Å². The standard InChI is InChI=1S/C9H11N7O/c10-15-7-12-8(16-11)14-9(13-7)17-6-4-2-1-3-5-6/h1-5H,10-11H2,(H2,12,13,14,15,16). The van der Waals surface area contributed by atoms with Crippen LogP contribution >= 0.6 is 0 Å². The number of ether oxygens (including phenoxy) is 1. The van der Waals surface area contributed by atoms with E-state index in [9.17, 15) is 0 Å². The molecule has 0 atom stereocenters. The van der Waals surface area contributed by atoms with Crippen LogP contribution in [0.15, 0.2) is 30.3 Å². The molecule has 17 heavy (non-hydrogen) atoms. The monoisotopic (exact) mass is 233 g/mol. The van der Waals surface area contributed by atoms with Crippen LogP contribution in [0.5, 0.6) is 11.8 Å². The van der Waals surface area contributed by atoms with Gasteiger partial charge in [-0.25, -0.2) is 11.7 Å². The molecule has 1 aromatic carbocycles. The summed E-state index contributed by atoms with van der Waals surface area (Å²) in [6.45, 7) is 0. The number of nitrogens with zero attached hydrogens (tertiary/aromatic N) is 3. The second kappa shape index (κ2) is 5.05. The van der Waals surface area contributed by atoms with Crippen molar-refractivity contribution in [2.75, 3.05) is 10.9 Å². The third-order valence-electron chi connectivity index (χ3n) is 1.83. The number of rotatable bonds is 4. The Hall–Kier alpha value is -2.45. The number of benzene rings is 1. The summed E-state index contributed by atoms with van der Waals surface area (Å²) in [6, 6.07) is 9.18. The van der Waals surface area contributed by atoms with E-state index in [1.54, 1.807) is 12.1 Å².